The average Bonchev–Trinajstić information content (AvgIpc) is 2.91. The van der Waals surface area contributed by atoms with Gasteiger partial charge < -0.3 is 15.6 Å². The van der Waals surface area contributed by atoms with Gasteiger partial charge in [-0.15, -0.1) is 10.2 Å². The van der Waals surface area contributed by atoms with E-state index in [9.17, 15) is 4.79 Å². The van der Waals surface area contributed by atoms with Gasteiger partial charge in [-0.25, -0.2) is 0 Å². The van der Waals surface area contributed by atoms with E-state index in [2.05, 4.69) is 41.5 Å². The van der Waals surface area contributed by atoms with Crippen LogP contribution in [0.2, 0.25) is 0 Å². The van der Waals surface area contributed by atoms with E-state index >= 15 is 0 Å². The standard InChI is InChI=1S/C19H30N6O/c1-13(2)15-6-8-16(9-7-15)17(20)10-21-19(26)12-24(4)11-18-23-22-14(3)25(18)5/h6-9,13,17H,10-12,20H2,1-5H3,(H,21,26). The van der Waals surface area contributed by atoms with Gasteiger partial charge in [0.2, 0.25) is 5.91 Å². The molecule has 0 spiro atoms. The number of carbonyl (C=O) groups is 1. The first-order valence-electron chi connectivity index (χ1n) is 8.93. The van der Waals surface area contributed by atoms with E-state index in [1.807, 2.05) is 42.6 Å². The summed E-state index contributed by atoms with van der Waals surface area (Å²) in [5, 5.41) is 11.0. The Balaban J connectivity index is 1.79. The second-order valence-electron chi connectivity index (χ2n) is 7.13. The van der Waals surface area contributed by atoms with Gasteiger partial charge >= 0.3 is 0 Å². The lowest BCUT2D eigenvalue weighted by Gasteiger charge is -2.18. The third-order valence-corrected chi connectivity index (χ3v) is 4.56. The van der Waals surface area contributed by atoms with Gasteiger partial charge in [-0.1, -0.05) is 38.1 Å². The summed E-state index contributed by atoms with van der Waals surface area (Å²) in [4.78, 5) is 14.1. The Morgan fingerprint density at radius 3 is 2.38 bits per heavy atom. The van der Waals surface area contributed by atoms with Crippen LogP contribution >= 0.6 is 0 Å². The lowest BCUT2D eigenvalue weighted by atomic mass is 9.99. The summed E-state index contributed by atoms with van der Waals surface area (Å²) in [6, 6.07) is 8.05. The summed E-state index contributed by atoms with van der Waals surface area (Å²) in [6.07, 6.45) is 0. The first-order chi connectivity index (χ1) is 12.3. The highest BCUT2D eigenvalue weighted by Gasteiger charge is 2.13. The van der Waals surface area contributed by atoms with Crippen molar-refractivity contribution in [2.75, 3.05) is 20.1 Å². The normalized spacial score (nSPS) is 12.6. The largest absolute Gasteiger partial charge is 0.353 e. The van der Waals surface area contributed by atoms with Gasteiger partial charge in [0.15, 0.2) is 0 Å². The smallest absolute Gasteiger partial charge is 0.234 e. The molecule has 0 fully saturated rings. The molecule has 142 valence electrons. The SMILES string of the molecule is Cc1nnc(CN(C)CC(=O)NCC(N)c2ccc(C(C)C)cc2)n1C. The van der Waals surface area contributed by atoms with Crippen molar-refractivity contribution in [1.29, 1.82) is 0 Å². The number of nitrogens with zero attached hydrogens (tertiary/aromatic N) is 4. The van der Waals surface area contributed by atoms with Crippen LogP contribution in [0.4, 0.5) is 0 Å². The zero-order valence-electron chi connectivity index (χ0n) is 16.4. The van der Waals surface area contributed by atoms with Crippen molar-refractivity contribution in [1.82, 2.24) is 25.0 Å². The molecule has 3 N–H and O–H groups in total. The summed E-state index contributed by atoms with van der Waals surface area (Å²) in [5.41, 5.74) is 8.51. The van der Waals surface area contributed by atoms with Gasteiger partial charge in [0.05, 0.1) is 13.1 Å². The second-order valence-corrected chi connectivity index (χ2v) is 7.13. The summed E-state index contributed by atoms with van der Waals surface area (Å²) >= 11 is 0. The molecule has 2 rings (SSSR count). The van der Waals surface area contributed by atoms with Crippen molar-refractivity contribution in [3.63, 3.8) is 0 Å². The molecule has 7 nitrogen and oxygen atoms in total. The van der Waals surface area contributed by atoms with Crippen LogP contribution in [0.5, 0.6) is 0 Å². The minimum atomic E-state index is -0.216. The Morgan fingerprint density at radius 1 is 1.23 bits per heavy atom. The van der Waals surface area contributed by atoms with Gasteiger partial charge in [0.25, 0.3) is 0 Å². The molecule has 0 aliphatic heterocycles. The van der Waals surface area contributed by atoms with Gasteiger partial charge in [0.1, 0.15) is 11.6 Å². The highest BCUT2D eigenvalue weighted by molar-refractivity contribution is 5.78. The predicted octanol–water partition coefficient (Wildman–Crippen LogP) is 1.49. The number of aryl methyl sites for hydroxylation is 1. The summed E-state index contributed by atoms with van der Waals surface area (Å²) in [7, 11) is 3.80. The number of benzene rings is 1. The number of amides is 1. The van der Waals surface area contributed by atoms with E-state index in [0.29, 0.717) is 19.0 Å². The van der Waals surface area contributed by atoms with Crippen molar-refractivity contribution in [3.05, 3.63) is 47.0 Å². The van der Waals surface area contributed by atoms with E-state index in [4.69, 9.17) is 5.73 Å². The number of hydrogen-bond acceptors (Lipinski definition) is 5. The van der Waals surface area contributed by atoms with Gasteiger partial charge in [-0.05, 0) is 31.0 Å². The van der Waals surface area contributed by atoms with Crippen molar-refractivity contribution in [3.8, 4) is 0 Å². The van der Waals surface area contributed by atoms with Crippen LogP contribution in [-0.4, -0.2) is 45.7 Å². The van der Waals surface area contributed by atoms with E-state index in [0.717, 1.165) is 17.2 Å². The molecule has 1 heterocycles. The number of hydrogen-bond donors (Lipinski definition) is 2. The lowest BCUT2D eigenvalue weighted by molar-refractivity contribution is -0.122. The maximum Gasteiger partial charge on any atom is 0.234 e. The number of nitrogens with one attached hydrogen (secondary N) is 1. The minimum absolute atomic E-state index is 0.0550. The van der Waals surface area contributed by atoms with Crippen LogP contribution in [0.1, 0.15) is 48.6 Å². The fourth-order valence-electron chi connectivity index (χ4n) is 2.66. The number of carbonyl (C=O) groups excluding carboxylic acids is 1. The Hall–Kier alpha value is -2.25. The number of rotatable bonds is 8. The lowest BCUT2D eigenvalue weighted by Crippen LogP contribution is -2.38. The summed E-state index contributed by atoms with van der Waals surface area (Å²) in [5.74, 6) is 2.13. The molecule has 1 aromatic carbocycles. The summed E-state index contributed by atoms with van der Waals surface area (Å²) < 4.78 is 1.92. The predicted molar refractivity (Wildman–Crippen MR) is 103 cm³/mol. The van der Waals surface area contributed by atoms with Crippen molar-refractivity contribution < 1.29 is 4.79 Å². The maximum atomic E-state index is 12.2. The number of aromatic nitrogens is 3. The molecular weight excluding hydrogens is 328 g/mol. The molecule has 0 aliphatic rings. The summed E-state index contributed by atoms with van der Waals surface area (Å²) in [6.45, 7) is 7.48. The average molecular weight is 358 g/mol. The quantitative estimate of drug-likeness (QED) is 0.746. The Labute approximate surface area is 155 Å². The second kappa shape index (κ2) is 8.91. The molecule has 26 heavy (non-hydrogen) atoms. The molecule has 7 heteroatoms. The molecule has 0 aliphatic carbocycles. The van der Waals surface area contributed by atoms with Gasteiger partial charge in [0, 0.05) is 19.6 Å². The Morgan fingerprint density at radius 2 is 1.85 bits per heavy atom. The molecule has 0 radical (unpaired) electrons. The van der Waals surface area contributed by atoms with Crippen LogP contribution < -0.4 is 11.1 Å². The zero-order chi connectivity index (χ0) is 19.3. The molecular formula is C19H30N6O. The third kappa shape index (κ3) is 5.37. The van der Waals surface area contributed by atoms with Crippen molar-refractivity contribution in [2.45, 2.75) is 39.3 Å². The maximum absolute atomic E-state index is 12.2. The molecule has 0 bridgehead atoms. The van der Waals surface area contributed by atoms with Crippen LogP contribution in [-0.2, 0) is 18.4 Å². The zero-order valence-corrected chi connectivity index (χ0v) is 16.4. The molecule has 1 aromatic heterocycles. The van der Waals surface area contributed by atoms with Crippen LogP contribution in [0.25, 0.3) is 0 Å². The van der Waals surface area contributed by atoms with E-state index in [1.54, 1.807) is 0 Å². The van der Waals surface area contributed by atoms with E-state index in [-0.39, 0.29) is 18.5 Å². The molecule has 0 saturated heterocycles. The number of likely N-dealkylation sites (N-methyl/N-ethyl adjacent to an activating group) is 1. The topological polar surface area (TPSA) is 89.1 Å². The van der Waals surface area contributed by atoms with E-state index in [1.165, 1.54) is 5.56 Å². The fraction of sp³-hybridized carbons (Fsp3) is 0.526. The molecule has 2 aromatic rings. The minimum Gasteiger partial charge on any atom is -0.353 e. The van der Waals surface area contributed by atoms with Crippen molar-refractivity contribution >= 4 is 5.91 Å². The molecule has 0 saturated carbocycles. The van der Waals surface area contributed by atoms with E-state index < -0.39 is 0 Å². The van der Waals surface area contributed by atoms with Gasteiger partial charge in [-0.2, -0.15) is 0 Å². The first kappa shape index (κ1) is 20.1. The molecule has 1 amide bonds. The molecule has 1 unspecified atom stereocenters. The van der Waals surface area contributed by atoms with Gasteiger partial charge in [-0.3, -0.25) is 9.69 Å². The first-order valence-corrected chi connectivity index (χ1v) is 8.93. The highest BCUT2D eigenvalue weighted by atomic mass is 16.2. The third-order valence-electron chi connectivity index (χ3n) is 4.56. The van der Waals surface area contributed by atoms with Crippen LogP contribution in [0, 0.1) is 6.92 Å². The van der Waals surface area contributed by atoms with Crippen molar-refractivity contribution in [2.24, 2.45) is 12.8 Å². The van der Waals surface area contributed by atoms with Crippen LogP contribution in [0.15, 0.2) is 24.3 Å². The number of nitrogens with two attached hydrogens (primary N) is 1. The Kier molecular flexibility index (Phi) is 6.88. The highest BCUT2D eigenvalue weighted by Crippen LogP contribution is 2.17. The monoisotopic (exact) mass is 358 g/mol. The fourth-order valence-corrected chi connectivity index (χ4v) is 2.66. The van der Waals surface area contributed by atoms with Crippen LogP contribution in [0.3, 0.4) is 0 Å². The Bertz CT molecular complexity index is 722. The molecule has 1 atom stereocenters.